The van der Waals surface area contributed by atoms with Crippen LogP contribution in [-0.2, 0) is 0 Å². The first-order valence-electron chi connectivity index (χ1n) is 17.8. The first-order chi connectivity index (χ1) is 25.8. The fourth-order valence-corrected chi connectivity index (χ4v) is 9.05. The molecule has 0 atom stereocenters. The van der Waals surface area contributed by atoms with Gasteiger partial charge in [-0.15, -0.1) is 11.3 Å². The standard InChI is InChI=1S/C50H33NS/c1-4-14-35(15-5-1)45-33-38-16-10-11-21-41(38)43-31-30-37(32-46(43)45)34-26-28-36(29-27-34)42-22-13-25-48-49(42)44-23-12-24-47(50(44)52-48)51(39-17-6-2-7-18-39)40-19-8-3-9-20-40/h1-33H. The van der Waals surface area contributed by atoms with E-state index in [2.05, 4.69) is 205 Å². The minimum Gasteiger partial charge on any atom is -0.309 e. The van der Waals surface area contributed by atoms with Crippen LogP contribution in [0.3, 0.4) is 0 Å². The van der Waals surface area contributed by atoms with E-state index in [-0.39, 0.29) is 0 Å². The van der Waals surface area contributed by atoms with E-state index in [0.717, 1.165) is 11.4 Å². The minimum absolute atomic E-state index is 1.15. The Morgan fingerprint density at radius 2 is 0.942 bits per heavy atom. The molecule has 2 heteroatoms. The maximum Gasteiger partial charge on any atom is 0.0640 e. The van der Waals surface area contributed by atoms with Gasteiger partial charge in [0.05, 0.1) is 10.4 Å². The first kappa shape index (κ1) is 30.4. The Morgan fingerprint density at radius 3 is 1.69 bits per heavy atom. The second kappa shape index (κ2) is 12.7. The number of rotatable bonds is 6. The molecule has 0 fully saturated rings. The third-order valence-corrected chi connectivity index (χ3v) is 11.4. The van der Waals surface area contributed by atoms with E-state index in [1.54, 1.807) is 0 Å². The van der Waals surface area contributed by atoms with Crippen molar-refractivity contribution >= 4 is 70.1 Å². The topological polar surface area (TPSA) is 3.24 Å². The summed E-state index contributed by atoms with van der Waals surface area (Å²) in [5.41, 5.74) is 10.9. The lowest BCUT2D eigenvalue weighted by Crippen LogP contribution is -2.09. The van der Waals surface area contributed by atoms with E-state index in [4.69, 9.17) is 0 Å². The van der Waals surface area contributed by atoms with Crippen LogP contribution in [0.1, 0.15) is 0 Å². The van der Waals surface area contributed by atoms with Gasteiger partial charge in [0.2, 0.25) is 0 Å². The highest BCUT2D eigenvalue weighted by atomic mass is 32.1. The smallest absolute Gasteiger partial charge is 0.0640 e. The third kappa shape index (κ3) is 5.16. The number of hydrogen-bond donors (Lipinski definition) is 0. The number of anilines is 3. The van der Waals surface area contributed by atoms with E-state index in [9.17, 15) is 0 Å². The number of nitrogens with zero attached hydrogens (tertiary/aromatic N) is 1. The summed E-state index contributed by atoms with van der Waals surface area (Å²) in [5.74, 6) is 0. The van der Waals surface area contributed by atoms with Gasteiger partial charge in [0.15, 0.2) is 0 Å². The molecule has 0 unspecified atom stereocenters. The summed E-state index contributed by atoms with van der Waals surface area (Å²) in [6.45, 7) is 0. The highest BCUT2D eigenvalue weighted by molar-refractivity contribution is 7.26. The fourth-order valence-electron chi connectivity index (χ4n) is 7.81. The highest BCUT2D eigenvalue weighted by Gasteiger charge is 2.19. The zero-order valence-corrected chi connectivity index (χ0v) is 29.2. The molecule has 0 saturated carbocycles. The molecule has 0 bridgehead atoms. The SMILES string of the molecule is c1ccc(-c2cc3ccccc3c3ccc(-c4ccc(-c5cccc6sc7c(N(c8ccccc8)c8ccccc8)cccc7c56)cc4)cc23)cc1. The van der Waals surface area contributed by atoms with Crippen molar-refractivity contribution in [3.05, 3.63) is 200 Å². The molecular weight excluding hydrogens is 647 g/mol. The van der Waals surface area contributed by atoms with Crippen molar-refractivity contribution in [2.75, 3.05) is 4.90 Å². The summed E-state index contributed by atoms with van der Waals surface area (Å²) >= 11 is 1.87. The minimum atomic E-state index is 1.15. The van der Waals surface area contributed by atoms with Gasteiger partial charge >= 0.3 is 0 Å². The lowest BCUT2D eigenvalue weighted by molar-refractivity contribution is 1.30. The van der Waals surface area contributed by atoms with Crippen LogP contribution < -0.4 is 4.90 Å². The number of thiophene rings is 1. The molecule has 10 rings (SSSR count). The van der Waals surface area contributed by atoms with Gasteiger partial charge in [0.25, 0.3) is 0 Å². The maximum absolute atomic E-state index is 2.38. The molecule has 0 amide bonds. The average molecular weight is 680 g/mol. The normalized spacial score (nSPS) is 11.5. The van der Waals surface area contributed by atoms with Crippen LogP contribution in [0.5, 0.6) is 0 Å². The molecule has 0 N–H and O–H groups in total. The molecule has 0 saturated heterocycles. The van der Waals surface area contributed by atoms with Crippen LogP contribution in [0.15, 0.2) is 200 Å². The van der Waals surface area contributed by atoms with E-state index in [1.165, 1.54) is 80.8 Å². The van der Waals surface area contributed by atoms with Gasteiger partial charge in [-0.25, -0.2) is 0 Å². The van der Waals surface area contributed by atoms with Crippen molar-refractivity contribution in [2.24, 2.45) is 0 Å². The molecular formula is C50H33NS. The summed E-state index contributed by atoms with van der Waals surface area (Å²) in [4.78, 5) is 2.38. The van der Waals surface area contributed by atoms with Gasteiger partial charge in [0.1, 0.15) is 0 Å². The molecule has 1 nitrogen and oxygen atoms in total. The quantitative estimate of drug-likeness (QED) is 0.158. The van der Waals surface area contributed by atoms with Gasteiger partial charge in [0, 0.05) is 26.8 Å². The fraction of sp³-hybridized carbons (Fsp3) is 0. The summed E-state index contributed by atoms with van der Waals surface area (Å²) < 4.78 is 2.58. The molecule has 0 spiro atoms. The zero-order valence-electron chi connectivity index (χ0n) is 28.4. The predicted molar refractivity (Wildman–Crippen MR) is 225 cm³/mol. The van der Waals surface area contributed by atoms with Gasteiger partial charge in [-0.05, 0) is 103 Å². The Bertz CT molecular complexity index is 2830. The molecule has 1 aromatic heterocycles. The van der Waals surface area contributed by atoms with Crippen LogP contribution >= 0.6 is 11.3 Å². The molecule has 0 radical (unpaired) electrons. The van der Waals surface area contributed by atoms with Gasteiger partial charge in [-0.2, -0.15) is 0 Å². The van der Waals surface area contributed by atoms with E-state index in [0.29, 0.717) is 0 Å². The molecule has 10 aromatic rings. The molecule has 244 valence electrons. The largest absolute Gasteiger partial charge is 0.309 e. The second-order valence-corrected chi connectivity index (χ2v) is 14.3. The van der Waals surface area contributed by atoms with E-state index >= 15 is 0 Å². The van der Waals surface area contributed by atoms with Gasteiger partial charge < -0.3 is 4.90 Å². The summed E-state index contributed by atoms with van der Waals surface area (Å²) in [5, 5.41) is 7.70. The molecule has 9 aromatic carbocycles. The van der Waals surface area contributed by atoms with Crippen LogP contribution in [0.25, 0.3) is 75.1 Å². The van der Waals surface area contributed by atoms with Crippen molar-refractivity contribution in [1.82, 2.24) is 0 Å². The van der Waals surface area contributed by atoms with Crippen molar-refractivity contribution in [3.63, 3.8) is 0 Å². The zero-order chi connectivity index (χ0) is 34.4. The third-order valence-electron chi connectivity index (χ3n) is 10.2. The maximum atomic E-state index is 2.38. The van der Waals surface area contributed by atoms with E-state index < -0.39 is 0 Å². The molecule has 0 aliphatic carbocycles. The van der Waals surface area contributed by atoms with Crippen LogP contribution in [0, 0.1) is 0 Å². The van der Waals surface area contributed by atoms with Crippen LogP contribution in [0.4, 0.5) is 17.1 Å². The highest BCUT2D eigenvalue weighted by Crippen LogP contribution is 2.47. The van der Waals surface area contributed by atoms with Crippen molar-refractivity contribution in [3.8, 4) is 33.4 Å². The molecule has 52 heavy (non-hydrogen) atoms. The number of hydrogen-bond acceptors (Lipinski definition) is 2. The molecule has 0 aliphatic heterocycles. The Labute approximate surface area is 307 Å². The lowest BCUT2D eigenvalue weighted by atomic mass is 9.90. The van der Waals surface area contributed by atoms with Gasteiger partial charge in [-0.3, -0.25) is 0 Å². The summed E-state index contributed by atoms with van der Waals surface area (Å²) in [6, 6.07) is 72.7. The Morgan fingerprint density at radius 1 is 0.346 bits per heavy atom. The lowest BCUT2D eigenvalue weighted by Gasteiger charge is -2.26. The summed E-state index contributed by atoms with van der Waals surface area (Å²) in [7, 11) is 0. The molecule has 0 aliphatic rings. The van der Waals surface area contributed by atoms with E-state index in [1.807, 2.05) is 11.3 Å². The summed E-state index contributed by atoms with van der Waals surface area (Å²) in [6.07, 6.45) is 0. The van der Waals surface area contributed by atoms with Crippen molar-refractivity contribution < 1.29 is 0 Å². The number of benzene rings is 9. The Balaban J connectivity index is 1.08. The monoisotopic (exact) mass is 679 g/mol. The Kier molecular flexibility index (Phi) is 7.41. The Hall–Kier alpha value is -6.48. The number of para-hydroxylation sites is 2. The predicted octanol–water partition coefficient (Wildman–Crippen LogP) is 14.8. The van der Waals surface area contributed by atoms with Crippen LogP contribution in [0.2, 0.25) is 0 Å². The average Bonchev–Trinajstić information content (AvgIpc) is 3.62. The molecule has 1 heterocycles. The van der Waals surface area contributed by atoms with Crippen molar-refractivity contribution in [1.29, 1.82) is 0 Å². The van der Waals surface area contributed by atoms with Gasteiger partial charge in [-0.1, -0.05) is 152 Å². The first-order valence-corrected chi connectivity index (χ1v) is 18.6. The van der Waals surface area contributed by atoms with Crippen molar-refractivity contribution in [2.45, 2.75) is 0 Å². The van der Waals surface area contributed by atoms with Crippen LogP contribution in [-0.4, -0.2) is 0 Å². The number of fused-ring (bicyclic) bond motifs is 6. The second-order valence-electron chi connectivity index (χ2n) is 13.3.